The van der Waals surface area contributed by atoms with Gasteiger partial charge in [0, 0.05) is 18.6 Å². The van der Waals surface area contributed by atoms with Crippen molar-refractivity contribution in [2.75, 3.05) is 5.75 Å². The largest absolute Gasteiger partial charge is 0.342 e. The quantitative estimate of drug-likeness (QED) is 0.680. The number of hydrogen-bond donors (Lipinski definition) is 1. The van der Waals surface area contributed by atoms with Gasteiger partial charge < -0.3 is 9.84 Å². The summed E-state index contributed by atoms with van der Waals surface area (Å²) in [7, 11) is 0. The fraction of sp³-hybridized carbons (Fsp3) is 0.429. The standard InChI is InChI=1S/C21H23FN4O3S/c1-3-4-15-23-19(29-25-15)18-12(2)11-30-21-17(20(28)26(18)21)24-16(27)10-7-13-5-8-14(22)9-6-13/h5-6,8-9,17,21H,3-4,7,10-11H2,1-2H3,(H,24,27)/t17-,21?/m1/s1. The molecule has 158 valence electrons. The van der Waals surface area contributed by atoms with E-state index in [1.807, 2.05) is 13.8 Å². The summed E-state index contributed by atoms with van der Waals surface area (Å²) < 4.78 is 18.4. The summed E-state index contributed by atoms with van der Waals surface area (Å²) in [6.07, 6.45) is 2.35. The molecule has 9 heteroatoms. The van der Waals surface area contributed by atoms with E-state index in [-0.39, 0.29) is 29.4 Å². The Morgan fingerprint density at radius 2 is 2.10 bits per heavy atom. The molecule has 2 atom stereocenters. The van der Waals surface area contributed by atoms with E-state index in [1.54, 1.807) is 28.8 Å². The third-order valence-corrected chi connectivity index (χ3v) is 6.60. The molecular formula is C21H23FN4O3S. The minimum Gasteiger partial charge on any atom is -0.342 e. The van der Waals surface area contributed by atoms with Crippen molar-refractivity contribution in [3.63, 3.8) is 0 Å². The monoisotopic (exact) mass is 430 g/mol. The number of thioether (sulfide) groups is 1. The SMILES string of the molecule is CCCc1noc(C2=C(C)CSC3[C@H](NC(=O)CCc4ccc(F)cc4)C(=O)N23)n1. The number of aryl methyl sites for hydroxylation is 2. The van der Waals surface area contributed by atoms with Gasteiger partial charge in [-0.05, 0) is 43.0 Å². The highest BCUT2D eigenvalue weighted by Gasteiger charge is 2.53. The van der Waals surface area contributed by atoms with Gasteiger partial charge in [0.15, 0.2) is 5.82 Å². The molecule has 1 unspecified atom stereocenters. The zero-order valence-corrected chi connectivity index (χ0v) is 17.7. The van der Waals surface area contributed by atoms with Crippen LogP contribution in [0.15, 0.2) is 34.4 Å². The first-order valence-electron chi connectivity index (χ1n) is 9.99. The minimum atomic E-state index is -0.572. The van der Waals surface area contributed by atoms with Crippen molar-refractivity contribution in [1.82, 2.24) is 20.4 Å². The Kier molecular flexibility index (Phi) is 5.90. The molecule has 2 aliphatic rings. The van der Waals surface area contributed by atoms with E-state index in [0.29, 0.717) is 30.3 Å². The van der Waals surface area contributed by atoms with E-state index >= 15 is 0 Å². The van der Waals surface area contributed by atoms with Crippen LogP contribution in [0, 0.1) is 5.82 Å². The van der Waals surface area contributed by atoms with Crippen molar-refractivity contribution >= 4 is 29.3 Å². The topological polar surface area (TPSA) is 88.3 Å². The lowest BCUT2D eigenvalue weighted by Gasteiger charge is -2.49. The number of rotatable bonds is 7. The molecule has 1 fully saturated rings. The lowest BCUT2D eigenvalue weighted by molar-refractivity contribution is -0.144. The van der Waals surface area contributed by atoms with Gasteiger partial charge >= 0.3 is 0 Å². The van der Waals surface area contributed by atoms with E-state index in [4.69, 9.17) is 4.52 Å². The summed E-state index contributed by atoms with van der Waals surface area (Å²) in [5.41, 5.74) is 2.54. The van der Waals surface area contributed by atoms with Crippen LogP contribution in [-0.4, -0.2) is 44.0 Å². The van der Waals surface area contributed by atoms with E-state index in [0.717, 1.165) is 23.3 Å². The average molecular weight is 431 g/mol. The molecular weight excluding hydrogens is 407 g/mol. The highest BCUT2D eigenvalue weighted by molar-refractivity contribution is 8.00. The second-order valence-electron chi connectivity index (χ2n) is 7.48. The summed E-state index contributed by atoms with van der Waals surface area (Å²) in [6, 6.07) is 5.49. The number of nitrogens with zero attached hydrogens (tertiary/aromatic N) is 3. The predicted molar refractivity (Wildman–Crippen MR) is 111 cm³/mol. The molecule has 1 aromatic heterocycles. The summed E-state index contributed by atoms with van der Waals surface area (Å²) >= 11 is 1.61. The van der Waals surface area contributed by atoms with Gasteiger partial charge in [0.05, 0.1) is 0 Å². The number of β-lactam (4-membered cyclic amide) rings is 1. The first-order chi connectivity index (χ1) is 14.5. The third-order valence-electron chi connectivity index (χ3n) is 5.17. The Balaban J connectivity index is 1.39. The highest BCUT2D eigenvalue weighted by atomic mass is 32.2. The van der Waals surface area contributed by atoms with Crippen molar-refractivity contribution in [3.8, 4) is 0 Å². The first kappa shape index (κ1) is 20.6. The molecule has 1 aromatic carbocycles. The summed E-state index contributed by atoms with van der Waals surface area (Å²) in [5, 5.41) is 6.65. The highest BCUT2D eigenvalue weighted by Crippen LogP contribution is 2.43. The van der Waals surface area contributed by atoms with Crippen LogP contribution in [0.1, 0.15) is 44.0 Å². The van der Waals surface area contributed by atoms with Crippen molar-refractivity contribution in [2.24, 2.45) is 0 Å². The van der Waals surface area contributed by atoms with Gasteiger partial charge in [0.25, 0.3) is 11.8 Å². The summed E-state index contributed by atoms with van der Waals surface area (Å²) in [6.45, 7) is 3.99. The number of fused-ring (bicyclic) bond motifs is 1. The Labute approximate surface area is 178 Å². The van der Waals surface area contributed by atoms with Crippen LogP contribution in [0.3, 0.4) is 0 Å². The van der Waals surface area contributed by atoms with Crippen LogP contribution in [0.2, 0.25) is 0 Å². The molecule has 3 heterocycles. The maximum atomic E-state index is 13.0. The number of benzene rings is 1. The van der Waals surface area contributed by atoms with Gasteiger partial charge in [0.2, 0.25) is 5.91 Å². The van der Waals surface area contributed by atoms with Crippen LogP contribution < -0.4 is 5.32 Å². The lowest BCUT2D eigenvalue weighted by atomic mass is 10.0. The Bertz CT molecular complexity index is 988. The van der Waals surface area contributed by atoms with E-state index in [2.05, 4.69) is 15.5 Å². The molecule has 0 bridgehead atoms. The van der Waals surface area contributed by atoms with Gasteiger partial charge in [-0.25, -0.2) is 4.39 Å². The molecule has 4 rings (SSSR count). The Morgan fingerprint density at radius 1 is 1.33 bits per heavy atom. The Hall–Kier alpha value is -2.68. The van der Waals surface area contributed by atoms with Crippen molar-refractivity contribution in [1.29, 1.82) is 0 Å². The van der Waals surface area contributed by atoms with E-state index in [1.165, 1.54) is 12.1 Å². The number of hydrogen-bond acceptors (Lipinski definition) is 6. The molecule has 2 aromatic rings. The van der Waals surface area contributed by atoms with Crippen LogP contribution in [0.4, 0.5) is 4.39 Å². The second kappa shape index (κ2) is 8.59. The summed E-state index contributed by atoms with van der Waals surface area (Å²) in [4.78, 5) is 31.3. The van der Waals surface area contributed by atoms with Gasteiger partial charge in [-0.15, -0.1) is 11.8 Å². The van der Waals surface area contributed by atoms with Crippen LogP contribution in [0.5, 0.6) is 0 Å². The number of amides is 2. The van der Waals surface area contributed by atoms with E-state index < -0.39 is 6.04 Å². The molecule has 2 aliphatic heterocycles. The molecule has 0 aliphatic carbocycles. The molecule has 0 saturated carbocycles. The van der Waals surface area contributed by atoms with Crippen LogP contribution in [0.25, 0.3) is 5.70 Å². The maximum absolute atomic E-state index is 13.0. The van der Waals surface area contributed by atoms with Gasteiger partial charge in [0.1, 0.15) is 22.9 Å². The zero-order valence-electron chi connectivity index (χ0n) is 16.9. The first-order valence-corrected chi connectivity index (χ1v) is 11.0. The van der Waals surface area contributed by atoms with Crippen LogP contribution in [-0.2, 0) is 22.4 Å². The number of nitrogens with one attached hydrogen (secondary N) is 1. The number of halogens is 1. The molecule has 1 N–H and O–H groups in total. The molecule has 0 spiro atoms. The molecule has 30 heavy (non-hydrogen) atoms. The van der Waals surface area contributed by atoms with Gasteiger partial charge in [-0.1, -0.05) is 24.2 Å². The van der Waals surface area contributed by atoms with E-state index in [9.17, 15) is 14.0 Å². The average Bonchev–Trinajstić information content (AvgIpc) is 3.20. The lowest BCUT2D eigenvalue weighted by Crippen LogP contribution is -2.69. The minimum absolute atomic E-state index is 0.174. The summed E-state index contributed by atoms with van der Waals surface area (Å²) in [5.74, 6) is 1.02. The molecule has 7 nitrogen and oxygen atoms in total. The second-order valence-corrected chi connectivity index (χ2v) is 8.58. The molecule has 0 radical (unpaired) electrons. The van der Waals surface area contributed by atoms with Crippen molar-refractivity contribution in [3.05, 3.63) is 52.9 Å². The smallest absolute Gasteiger partial charge is 0.274 e. The Morgan fingerprint density at radius 3 is 2.83 bits per heavy atom. The predicted octanol–water partition coefficient (Wildman–Crippen LogP) is 2.92. The van der Waals surface area contributed by atoms with Gasteiger partial charge in [-0.2, -0.15) is 4.98 Å². The molecule has 1 saturated heterocycles. The molecule has 2 amide bonds. The van der Waals surface area contributed by atoms with Crippen molar-refractivity contribution in [2.45, 2.75) is 50.9 Å². The maximum Gasteiger partial charge on any atom is 0.274 e. The van der Waals surface area contributed by atoms with Crippen molar-refractivity contribution < 1.29 is 18.5 Å². The zero-order chi connectivity index (χ0) is 21.3. The number of aromatic nitrogens is 2. The van der Waals surface area contributed by atoms with Gasteiger partial charge in [-0.3, -0.25) is 14.5 Å². The fourth-order valence-electron chi connectivity index (χ4n) is 3.61. The fourth-order valence-corrected chi connectivity index (χ4v) is 4.90. The number of carbonyl (C=O) groups excluding carboxylic acids is 2. The van der Waals surface area contributed by atoms with Crippen LogP contribution >= 0.6 is 11.8 Å². The normalized spacial score (nSPS) is 20.8. The number of carbonyl (C=O) groups is 2. The third kappa shape index (κ3) is 3.98.